The summed E-state index contributed by atoms with van der Waals surface area (Å²) in [5, 5.41) is 4.18. The molecule has 2 fully saturated rings. The number of carbonyl (C=O) groups excluding carboxylic acids is 2. The first kappa shape index (κ1) is 20.7. The Hall–Kier alpha value is -2.54. The zero-order chi connectivity index (χ0) is 20.9. The van der Waals surface area contributed by atoms with Gasteiger partial charge in [-0.2, -0.15) is 0 Å². The number of para-hydroxylation sites is 1. The molecule has 7 nitrogen and oxygen atoms in total. The summed E-state index contributed by atoms with van der Waals surface area (Å²) in [5.41, 5.74) is 2.29. The van der Waals surface area contributed by atoms with Crippen LogP contribution in [0, 0.1) is 5.92 Å². The molecule has 7 heteroatoms. The predicted molar refractivity (Wildman–Crippen MR) is 116 cm³/mol. The first-order chi connectivity index (χ1) is 14.7. The summed E-state index contributed by atoms with van der Waals surface area (Å²) < 4.78 is 5.78. The molecule has 3 heterocycles. The Labute approximate surface area is 177 Å². The second-order valence-electron chi connectivity index (χ2n) is 8.32. The zero-order valence-electron chi connectivity index (χ0n) is 17.7. The van der Waals surface area contributed by atoms with Gasteiger partial charge in [0, 0.05) is 61.7 Å². The quantitative estimate of drug-likeness (QED) is 0.793. The van der Waals surface area contributed by atoms with Gasteiger partial charge in [-0.1, -0.05) is 25.1 Å². The summed E-state index contributed by atoms with van der Waals surface area (Å²) in [7, 11) is 0. The molecule has 2 aliphatic heterocycles. The first-order valence-electron chi connectivity index (χ1n) is 11.1. The van der Waals surface area contributed by atoms with Crippen molar-refractivity contribution < 1.29 is 14.3 Å². The van der Waals surface area contributed by atoms with E-state index in [4.69, 9.17) is 4.74 Å². The summed E-state index contributed by atoms with van der Waals surface area (Å²) in [5.74, 6) is 0.357. The standard InChI is InChI=1S/C23H32N4O3/c1-2-10-24-23(29)27-12-13-30-16-18-15-26(11-9-21(18)27)22(28)8-7-17-14-25-20-6-4-3-5-19(17)20/h3-6,14,18,21,25H,2,7-13,15-16H2,1H3,(H,24,29)/t18-,21-/m1/s1. The van der Waals surface area contributed by atoms with Gasteiger partial charge in [-0.25, -0.2) is 4.79 Å². The molecule has 0 saturated carbocycles. The number of H-pyrrole nitrogens is 1. The minimum atomic E-state index is -0.00328. The lowest BCUT2D eigenvalue weighted by Crippen LogP contribution is -2.56. The fourth-order valence-corrected chi connectivity index (χ4v) is 4.71. The summed E-state index contributed by atoms with van der Waals surface area (Å²) in [4.78, 5) is 32.7. The van der Waals surface area contributed by atoms with E-state index >= 15 is 0 Å². The second-order valence-corrected chi connectivity index (χ2v) is 8.32. The Morgan fingerprint density at radius 3 is 3.00 bits per heavy atom. The molecule has 3 amide bonds. The van der Waals surface area contributed by atoms with E-state index in [1.54, 1.807) is 0 Å². The number of nitrogens with zero attached hydrogens (tertiary/aromatic N) is 2. The van der Waals surface area contributed by atoms with Crippen LogP contribution in [0.1, 0.15) is 31.7 Å². The van der Waals surface area contributed by atoms with Crippen molar-refractivity contribution in [3.8, 4) is 0 Å². The molecule has 2 aromatic rings. The Bertz CT molecular complexity index is 880. The number of nitrogens with one attached hydrogen (secondary N) is 2. The van der Waals surface area contributed by atoms with E-state index in [2.05, 4.69) is 29.4 Å². The first-order valence-corrected chi connectivity index (χ1v) is 11.1. The molecule has 0 spiro atoms. The number of aryl methyl sites for hydroxylation is 1. The number of amides is 3. The lowest BCUT2D eigenvalue weighted by Gasteiger charge is -2.42. The maximum Gasteiger partial charge on any atom is 0.317 e. The summed E-state index contributed by atoms with van der Waals surface area (Å²) in [6.07, 6.45) is 4.97. The molecule has 0 aliphatic carbocycles. The molecule has 162 valence electrons. The molecule has 2 aliphatic rings. The van der Waals surface area contributed by atoms with Crippen molar-refractivity contribution in [3.05, 3.63) is 36.0 Å². The van der Waals surface area contributed by atoms with Gasteiger partial charge in [0.05, 0.1) is 13.2 Å². The predicted octanol–water partition coefficient (Wildman–Crippen LogP) is 2.77. The SMILES string of the molecule is CCCNC(=O)N1CCOC[C@H]2CN(C(=O)CCc3c[nH]c4ccccc34)CC[C@H]21. The number of fused-ring (bicyclic) bond motifs is 2. The van der Waals surface area contributed by atoms with Gasteiger partial charge in [0.2, 0.25) is 5.91 Å². The average Bonchev–Trinajstić information content (AvgIpc) is 3.06. The van der Waals surface area contributed by atoms with Gasteiger partial charge in [0.15, 0.2) is 0 Å². The molecule has 2 atom stereocenters. The van der Waals surface area contributed by atoms with E-state index in [1.807, 2.05) is 28.1 Å². The molecule has 0 radical (unpaired) electrons. The number of piperidine rings is 1. The van der Waals surface area contributed by atoms with E-state index in [0.29, 0.717) is 45.8 Å². The maximum absolute atomic E-state index is 12.9. The Balaban J connectivity index is 1.35. The van der Waals surface area contributed by atoms with Gasteiger partial charge < -0.3 is 24.8 Å². The normalized spacial score (nSPS) is 21.9. The van der Waals surface area contributed by atoms with Crippen LogP contribution in [0.2, 0.25) is 0 Å². The third-order valence-corrected chi connectivity index (χ3v) is 6.33. The third-order valence-electron chi connectivity index (χ3n) is 6.33. The molecular weight excluding hydrogens is 380 g/mol. The van der Waals surface area contributed by atoms with Gasteiger partial charge in [-0.05, 0) is 30.9 Å². The molecule has 0 unspecified atom stereocenters. The lowest BCUT2D eigenvalue weighted by molar-refractivity contribution is -0.134. The number of hydrogen-bond donors (Lipinski definition) is 2. The highest BCUT2D eigenvalue weighted by Crippen LogP contribution is 2.26. The highest BCUT2D eigenvalue weighted by Gasteiger charge is 2.38. The molecular formula is C23H32N4O3. The third kappa shape index (κ3) is 4.46. The Kier molecular flexibility index (Phi) is 6.57. The fourth-order valence-electron chi connectivity index (χ4n) is 4.71. The highest BCUT2D eigenvalue weighted by molar-refractivity contribution is 5.84. The molecule has 0 bridgehead atoms. The average molecular weight is 413 g/mol. The summed E-state index contributed by atoms with van der Waals surface area (Å²) >= 11 is 0. The van der Waals surface area contributed by atoms with Gasteiger partial charge in [-0.3, -0.25) is 4.79 Å². The van der Waals surface area contributed by atoms with Crippen molar-refractivity contribution in [1.29, 1.82) is 0 Å². The van der Waals surface area contributed by atoms with Crippen LogP contribution < -0.4 is 5.32 Å². The van der Waals surface area contributed by atoms with Crippen molar-refractivity contribution in [2.24, 2.45) is 5.92 Å². The Morgan fingerprint density at radius 2 is 2.13 bits per heavy atom. The van der Waals surface area contributed by atoms with Crippen molar-refractivity contribution in [3.63, 3.8) is 0 Å². The fraction of sp³-hybridized carbons (Fsp3) is 0.565. The minimum Gasteiger partial charge on any atom is -0.379 e. The van der Waals surface area contributed by atoms with Crippen molar-refractivity contribution in [1.82, 2.24) is 20.1 Å². The highest BCUT2D eigenvalue weighted by atomic mass is 16.5. The van der Waals surface area contributed by atoms with Gasteiger partial charge in [-0.15, -0.1) is 0 Å². The maximum atomic E-state index is 12.9. The van der Waals surface area contributed by atoms with Crippen molar-refractivity contribution in [2.75, 3.05) is 39.4 Å². The van der Waals surface area contributed by atoms with Crippen LogP contribution in [0.5, 0.6) is 0 Å². The van der Waals surface area contributed by atoms with Crippen LogP contribution in [0.3, 0.4) is 0 Å². The Morgan fingerprint density at radius 1 is 1.27 bits per heavy atom. The largest absolute Gasteiger partial charge is 0.379 e. The molecule has 2 N–H and O–H groups in total. The van der Waals surface area contributed by atoms with Crippen molar-refractivity contribution >= 4 is 22.8 Å². The zero-order valence-corrected chi connectivity index (χ0v) is 17.7. The lowest BCUT2D eigenvalue weighted by atomic mass is 9.91. The number of ether oxygens (including phenoxy) is 1. The number of carbonyl (C=O) groups is 2. The van der Waals surface area contributed by atoms with E-state index in [9.17, 15) is 9.59 Å². The van der Waals surface area contributed by atoms with Gasteiger partial charge in [0.25, 0.3) is 0 Å². The number of benzene rings is 1. The number of urea groups is 1. The minimum absolute atomic E-state index is 0.00328. The van der Waals surface area contributed by atoms with Crippen LogP contribution in [-0.4, -0.2) is 72.2 Å². The van der Waals surface area contributed by atoms with E-state index < -0.39 is 0 Å². The van der Waals surface area contributed by atoms with Gasteiger partial charge >= 0.3 is 6.03 Å². The molecule has 4 rings (SSSR count). The summed E-state index contributed by atoms with van der Waals surface area (Å²) in [6, 6.07) is 8.33. The smallest absolute Gasteiger partial charge is 0.317 e. The monoisotopic (exact) mass is 412 g/mol. The van der Waals surface area contributed by atoms with Crippen LogP contribution in [0.4, 0.5) is 4.79 Å². The topological polar surface area (TPSA) is 77.7 Å². The van der Waals surface area contributed by atoms with E-state index in [0.717, 1.165) is 24.8 Å². The number of aromatic nitrogens is 1. The molecule has 1 aromatic carbocycles. The number of likely N-dealkylation sites (tertiary alicyclic amines) is 1. The van der Waals surface area contributed by atoms with E-state index in [1.165, 1.54) is 10.9 Å². The van der Waals surface area contributed by atoms with E-state index in [-0.39, 0.29) is 23.9 Å². The van der Waals surface area contributed by atoms with Crippen LogP contribution in [0.25, 0.3) is 10.9 Å². The van der Waals surface area contributed by atoms with Crippen LogP contribution in [-0.2, 0) is 16.0 Å². The summed E-state index contributed by atoms with van der Waals surface area (Å²) in [6.45, 7) is 5.88. The number of aromatic amines is 1. The van der Waals surface area contributed by atoms with Gasteiger partial charge in [0.1, 0.15) is 0 Å². The molecule has 2 saturated heterocycles. The molecule has 30 heavy (non-hydrogen) atoms. The van der Waals surface area contributed by atoms with Crippen molar-refractivity contribution in [2.45, 2.75) is 38.6 Å². The number of hydrogen-bond acceptors (Lipinski definition) is 3. The molecule has 1 aromatic heterocycles. The van der Waals surface area contributed by atoms with Crippen LogP contribution >= 0.6 is 0 Å². The number of rotatable bonds is 5. The van der Waals surface area contributed by atoms with Crippen LogP contribution in [0.15, 0.2) is 30.5 Å². The second kappa shape index (κ2) is 9.51.